The van der Waals surface area contributed by atoms with Crippen molar-refractivity contribution in [2.24, 2.45) is 5.92 Å². The van der Waals surface area contributed by atoms with Crippen LogP contribution in [0.5, 0.6) is 0 Å². The van der Waals surface area contributed by atoms with Gasteiger partial charge in [0.2, 0.25) is 21.8 Å². The van der Waals surface area contributed by atoms with E-state index < -0.39 is 34.4 Å². The molecule has 7 nitrogen and oxygen atoms in total. The van der Waals surface area contributed by atoms with Gasteiger partial charge in [0.1, 0.15) is 12.6 Å². The molecule has 3 aromatic carbocycles. The number of sulfonamides is 1. The van der Waals surface area contributed by atoms with E-state index in [2.05, 4.69) is 5.32 Å². The lowest BCUT2D eigenvalue weighted by Crippen LogP contribution is -2.53. The molecule has 0 saturated carbocycles. The fourth-order valence-electron chi connectivity index (χ4n) is 4.13. The van der Waals surface area contributed by atoms with Crippen LogP contribution in [0.15, 0.2) is 60.7 Å². The van der Waals surface area contributed by atoms with Crippen LogP contribution in [-0.4, -0.2) is 50.5 Å². The summed E-state index contributed by atoms with van der Waals surface area (Å²) in [4.78, 5) is 29.2. The second-order valence-electron chi connectivity index (χ2n) is 10.1. The van der Waals surface area contributed by atoms with Crippen molar-refractivity contribution in [1.29, 1.82) is 0 Å². The van der Waals surface area contributed by atoms with Gasteiger partial charge in [0.05, 0.1) is 27.0 Å². The molecular formula is C29H30Cl5N3O4S. The van der Waals surface area contributed by atoms with Crippen LogP contribution in [0.25, 0.3) is 0 Å². The molecule has 0 aliphatic rings. The van der Waals surface area contributed by atoms with Gasteiger partial charge in [-0.15, -0.1) is 0 Å². The van der Waals surface area contributed by atoms with Crippen molar-refractivity contribution in [3.63, 3.8) is 0 Å². The maximum atomic E-state index is 14.2. The van der Waals surface area contributed by atoms with E-state index in [0.29, 0.717) is 12.1 Å². The van der Waals surface area contributed by atoms with Crippen LogP contribution in [0.4, 0.5) is 5.69 Å². The number of carbonyl (C=O) groups excluding carboxylic acids is 2. The molecule has 0 radical (unpaired) electrons. The third kappa shape index (κ3) is 9.15. The van der Waals surface area contributed by atoms with E-state index in [1.807, 2.05) is 44.2 Å². The summed E-state index contributed by atoms with van der Waals surface area (Å²) in [5, 5.41) is 3.61. The Morgan fingerprint density at radius 1 is 0.833 bits per heavy atom. The van der Waals surface area contributed by atoms with Crippen molar-refractivity contribution in [1.82, 2.24) is 10.2 Å². The van der Waals surface area contributed by atoms with Crippen LogP contribution in [-0.2, 0) is 32.6 Å². The molecule has 0 spiro atoms. The summed E-state index contributed by atoms with van der Waals surface area (Å²) in [6.45, 7) is 3.40. The Labute approximate surface area is 271 Å². The fourth-order valence-corrected chi connectivity index (χ4v) is 6.19. The minimum Gasteiger partial charge on any atom is -0.354 e. The second kappa shape index (κ2) is 15.0. The molecule has 0 aromatic heterocycles. The van der Waals surface area contributed by atoms with Gasteiger partial charge < -0.3 is 10.2 Å². The molecule has 0 aliphatic carbocycles. The number of benzene rings is 3. The molecule has 3 aromatic rings. The first-order valence-electron chi connectivity index (χ1n) is 12.8. The largest absolute Gasteiger partial charge is 0.354 e. The van der Waals surface area contributed by atoms with Gasteiger partial charge in [0.25, 0.3) is 0 Å². The Bertz CT molecular complexity index is 1520. The summed E-state index contributed by atoms with van der Waals surface area (Å²) in [6.07, 6.45) is 1.08. The molecule has 1 atom stereocenters. The van der Waals surface area contributed by atoms with Gasteiger partial charge in [-0.25, -0.2) is 8.42 Å². The molecule has 0 aliphatic heterocycles. The van der Waals surface area contributed by atoms with Crippen LogP contribution >= 0.6 is 58.0 Å². The van der Waals surface area contributed by atoms with Crippen molar-refractivity contribution in [3.8, 4) is 0 Å². The van der Waals surface area contributed by atoms with Gasteiger partial charge in [0.15, 0.2) is 0 Å². The second-order valence-corrected chi connectivity index (χ2v) is 14.0. The molecule has 0 fully saturated rings. The molecule has 226 valence electrons. The van der Waals surface area contributed by atoms with E-state index in [0.717, 1.165) is 16.1 Å². The Morgan fingerprint density at radius 2 is 1.43 bits per heavy atom. The number of carbonyl (C=O) groups is 2. The highest BCUT2D eigenvalue weighted by Crippen LogP contribution is 2.36. The van der Waals surface area contributed by atoms with Gasteiger partial charge >= 0.3 is 0 Å². The Balaban J connectivity index is 2.13. The highest BCUT2D eigenvalue weighted by atomic mass is 35.5. The zero-order chi connectivity index (χ0) is 31.2. The molecule has 0 bridgehead atoms. The van der Waals surface area contributed by atoms with Crippen LogP contribution < -0.4 is 9.62 Å². The first-order chi connectivity index (χ1) is 19.7. The third-order valence-electron chi connectivity index (χ3n) is 6.28. The Hall–Kier alpha value is -2.20. The number of halogens is 5. The number of nitrogens with one attached hydrogen (secondary N) is 1. The fraction of sp³-hybridized carbons (Fsp3) is 0.310. The van der Waals surface area contributed by atoms with E-state index in [1.54, 1.807) is 18.2 Å². The average molecular weight is 694 g/mol. The minimum atomic E-state index is -4.07. The zero-order valence-corrected chi connectivity index (χ0v) is 27.7. The highest BCUT2D eigenvalue weighted by molar-refractivity contribution is 7.92. The highest BCUT2D eigenvalue weighted by Gasteiger charge is 2.34. The molecule has 13 heteroatoms. The van der Waals surface area contributed by atoms with E-state index in [-0.39, 0.29) is 49.7 Å². The van der Waals surface area contributed by atoms with Crippen LogP contribution in [0.3, 0.4) is 0 Å². The first kappa shape index (κ1) is 34.3. The van der Waals surface area contributed by atoms with Gasteiger partial charge in [-0.2, -0.15) is 0 Å². The normalized spacial score (nSPS) is 12.2. The monoisotopic (exact) mass is 691 g/mol. The van der Waals surface area contributed by atoms with Crippen LogP contribution in [0.2, 0.25) is 25.1 Å². The van der Waals surface area contributed by atoms with Crippen molar-refractivity contribution < 1.29 is 18.0 Å². The predicted octanol–water partition coefficient (Wildman–Crippen LogP) is 7.13. The van der Waals surface area contributed by atoms with Gasteiger partial charge in [-0.1, -0.05) is 108 Å². The number of anilines is 1. The van der Waals surface area contributed by atoms with E-state index in [1.165, 1.54) is 17.0 Å². The predicted molar refractivity (Wildman–Crippen MR) is 172 cm³/mol. The standard InChI is InChI=1S/C29H30Cl5N3O4S/c1-18(2)15-35-29(39)27(12-19-8-5-4-6-9-19)36(16-20-21(30)10-7-11-22(20)31)28(38)17-37(42(3,40)41)26-14-24(33)23(32)13-25(26)34/h4-11,13-14,18,27H,12,15-17H2,1-3H3,(H,35,39)/t27-/m1/s1. The number of hydrogen-bond donors (Lipinski definition) is 1. The quantitative estimate of drug-likeness (QED) is 0.205. The minimum absolute atomic E-state index is 0.0289. The van der Waals surface area contributed by atoms with E-state index in [4.69, 9.17) is 58.0 Å². The van der Waals surface area contributed by atoms with E-state index in [9.17, 15) is 18.0 Å². The lowest BCUT2D eigenvalue weighted by molar-refractivity contribution is -0.140. The lowest BCUT2D eigenvalue weighted by Gasteiger charge is -2.34. The topological polar surface area (TPSA) is 86.8 Å². The first-order valence-corrected chi connectivity index (χ1v) is 16.6. The molecule has 2 amide bonds. The molecule has 3 rings (SSSR count). The molecule has 0 unspecified atom stereocenters. The summed E-state index contributed by atoms with van der Waals surface area (Å²) < 4.78 is 26.8. The molecule has 0 saturated heterocycles. The number of hydrogen-bond acceptors (Lipinski definition) is 4. The van der Waals surface area contributed by atoms with Crippen LogP contribution in [0, 0.1) is 5.92 Å². The summed E-state index contributed by atoms with van der Waals surface area (Å²) >= 11 is 31.5. The van der Waals surface area contributed by atoms with Gasteiger partial charge in [0, 0.05) is 35.1 Å². The molecule has 0 heterocycles. The summed E-state index contributed by atoms with van der Waals surface area (Å²) in [6, 6.07) is 15.6. The summed E-state index contributed by atoms with van der Waals surface area (Å²) in [5.41, 5.74) is 1.15. The number of amides is 2. The number of rotatable bonds is 12. The van der Waals surface area contributed by atoms with E-state index >= 15 is 0 Å². The van der Waals surface area contributed by atoms with Crippen molar-refractivity contribution in [2.75, 3.05) is 23.7 Å². The molecule has 1 N–H and O–H groups in total. The maximum absolute atomic E-state index is 14.2. The maximum Gasteiger partial charge on any atom is 0.244 e. The van der Waals surface area contributed by atoms with Gasteiger partial charge in [-0.05, 0) is 35.7 Å². The average Bonchev–Trinajstić information content (AvgIpc) is 2.91. The summed E-state index contributed by atoms with van der Waals surface area (Å²) in [5.74, 6) is -0.965. The van der Waals surface area contributed by atoms with Crippen molar-refractivity contribution in [2.45, 2.75) is 32.9 Å². The van der Waals surface area contributed by atoms with Crippen molar-refractivity contribution >= 4 is 85.5 Å². The van der Waals surface area contributed by atoms with Crippen LogP contribution in [0.1, 0.15) is 25.0 Å². The smallest absolute Gasteiger partial charge is 0.244 e. The SMILES string of the molecule is CC(C)CNC(=O)[C@@H](Cc1ccccc1)N(Cc1c(Cl)cccc1Cl)C(=O)CN(c1cc(Cl)c(Cl)cc1Cl)S(C)(=O)=O. The Morgan fingerprint density at radius 3 is 2.00 bits per heavy atom. The molecule has 42 heavy (non-hydrogen) atoms. The van der Waals surface area contributed by atoms with Gasteiger partial charge in [-0.3, -0.25) is 13.9 Å². The molecular weight excluding hydrogens is 664 g/mol. The number of nitrogens with zero attached hydrogens (tertiary/aromatic N) is 2. The summed E-state index contributed by atoms with van der Waals surface area (Å²) in [7, 11) is -4.07. The Kier molecular flexibility index (Phi) is 12.2. The third-order valence-corrected chi connectivity index (χ3v) is 9.14. The lowest BCUT2D eigenvalue weighted by atomic mass is 10.0. The zero-order valence-electron chi connectivity index (χ0n) is 23.1. The van der Waals surface area contributed by atoms with Crippen molar-refractivity contribution in [3.05, 3.63) is 96.9 Å².